The van der Waals surface area contributed by atoms with E-state index in [-0.39, 0.29) is 94.7 Å². The largest absolute Gasteiger partial charge is 0.455 e. The van der Waals surface area contributed by atoms with E-state index in [4.69, 9.17) is 25.4 Å². The number of amides is 11. The highest BCUT2D eigenvalue weighted by Crippen LogP contribution is 2.48. The van der Waals surface area contributed by atoms with Crippen molar-refractivity contribution in [3.8, 4) is 0 Å². The molecule has 606 valence electrons. The van der Waals surface area contributed by atoms with Gasteiger partial charge in [0.15, 0.2) is 0 Å². The van der Waals surface area contributed by atoms with E-state index in [0.29, 0.717) is 6.42 Å². The van der Waals surface area contributed by atoms with E-state index in [2.05, 4.69) is 98.2 Å². The maximum Gasteiger partial charge on any atom is 0.357 e. The van der Waals surface area contributed by atoms with Gasteiger partial charge < -0.3 is 89.2 Å². The van der Waals surface area contributed by atoms with Gasteiger partial charge in [0.05, 0.1) is 70.3 Å². The number of rotatable bonds is 12. The normalized spacial score (nSPS) is 26.9. The number of esters is 1. The number of thiazole rings is 4. The standard InChI is InChI=1S/C72H85N19O18S5/c1-14-26(3)47-63(105)78-30(7)57(99)75-28(5)56(98)76-31(8)58(100)91-72-19-18-40(66-85-43(22-111-66)59(101)77-29(6)55(97)74-27(4)54(73)96)81-52(72)42-21-112-67(83-42)49(34(11)109-69(107)41-20-37(32(9)92)36-16-17-39(79-47)51(95)50(36)80-41)89-60(102)44-24-113-68(86-44)53(71(13,108)35(12)94)90-62(104)45-23-110-65(84-45)38(15-2)82-64(106)48(33(10)93)88-61(103)46-25-114-70(72)87-46/h15-17,20-22,24-26,30-35,39,45,47-49,51-53,79,92-95,108H,4-6,14,18-19,23H2,1-3,7-13H3,(H2,73,96)(H,74,97)(H,75,99)(H,76,98)(H,77,101)(H,78,105)(H,82,106)(H,88,103)(H,89,102)(H,90,104)(H,91,100)/b38-15+/t26?,30?,31?,32?,33?,34?,35?,39?,45?,47?,48?,49?,51?,52?,53?,71-,72+/m0/s1. The van der Waals surface area contributed by atoms with Crippen molar-refractivity contribution in [1.29, 1.82) is 0 Å². The molecule has 17 atom stereocenters. The van der Waals surface area contributed by atoms with Crippen LogP contribution in [0.15, 0.2) is 92.2 Å². The van der Waals surface area contributed by atoms with Crippen molar-refractivity contribution in [1.82, 2.24) is 83.4 Å². The number of nitrogens with two attached hydrogens (primary N) is 1. The summed E-state index contributed by atoms with van der Waals surface area (Å²) in [6.07, 6.45) is -3.18. The molecular weight excluding hydrogens is 1580 g/mol. The van der Waals surface area contributed by atoms with E-state index in [9.17, 15) is 68.7 Å². The summed E-state index contributed by atoms with van der Waals surface area (Å²) in [5.41, 5.74) is -1.79. The summed E-state index contributed by atoms with van der Waals surface area (Å²) in [7, 11) is 0. The van der Waals surface area contributed by atoms with Crippen molar-refractivity contribution < 1.29 is 87.8 Å². The molecule has 0 fully saturated rings. The number of hydrogen-bond donors (Lipinski definition) is 17. The molecule has 15 unspecified atom stereocenters. The fraction of sp³-hybridized carbons (Fsp3) is 0.431. The monoisotopic (exact) mass is 1660 g/mol. The van der Waals surface area contributed by atoms with E-state index >= 15 is 14.4 Å². The second-order valence-electron chi connectivity index (χ2n) is 27.8. The van der Waals surface area contributed by atoms with Gasteiger partial charge in [0, 0.05) is 32.8 Å². The van der Waals surface area contributed by atoms with Crippen LogP contribution in [0.5, 0.6) is 0 Å². The van der Waals surface area contributed by atoms with E-state index in [1.54, 1.807) is 26.8 Å². The smallest absolute Gasteiger partial charge is 0.357 e. The van der Waals surface area contributed by atoms with Crippen molar-refractivity contribution >= 4 is 145 Å². The number of thioether (sulfide) groups is 1. The van der Waals surface area contributed by atoms with Crippen LogP contribution >= 0.6 is 57.1 Å². The lowest BCUT2D eigenvalue weighted by atomic mass is 9.80. The Balaban J connectivity index is 1.18. The molecule has 114 heavy (non-hydrogen) atoms. The van der Waals surface area contributed by atoms with Crippen molar-refractivity contribution in [3.63, 3.8) is 0 Å². The van der Waals surface area contributed by atoms with Crippen LogP contribution in [0.1, 0.15) is 203 Å². The average Bonchev–Trinajstić information content (AvgIpc) is 1.50. The van der Waals surface area contributed by atoms with Crippen LogP contribution in [0.2, 0.25) is 0 Å². The summed E-state index contributed by atoms with van der Waals surface area (Å²) in [5, 5.41) is 92.2. The third-order valence-corrected chi connectivity index (χ3v) is 24.3. The number of hydrogen-bond acceptors (Lipinski definition) is 31. The fourth-order valence-corrected chi connectivity index (χ4v) is 17.2. The molecular formula is C72H85N19O18S5. The Morgan fingerprint density at radius 3 is 2.12 bits per heavy atom. The molecule has 0 radical (unpaired) electrons. The van der Waals surface area contributed by atoms with Crippen molar-refractivity contribution in [2.24, 2.45) is 21.6 Å². The molecule has 11 amide bonds. The first-order valence-corrected chi connectivity index (χ1v) is 40.1. The molecule has 9 heterocycles. The van der Waals surface area contributed by atoms with Crippen molar-refractivity contribution in [2.45, 2.75) is 185 Å². The average molecular weight is 1660 g/mol. The minimum Gasteiger partial charge on any atom is -0.455 e. The van der Waals surface area contributed by atoms with E-state index in [1.165, 1.54) is 88.2 Å². The minimum atomic E-state index is -2.21. The number of aliphatic hydroxyl groups excluding tert-OH is 4. The number of ether oxygens (including phenoxy) is 1. The highest BCUT2D eigenvalue weighted by molar-refractivity contribution is 8.14. The lowest BCUT2D eigenvalue weighted by Gasteiger charge is -2.41. The zero-order valence-corrected chi connectivity index (χ0v) is 67.1. The number of primary amides is 1. The molecule has 5 aliphatic rings. The summed E-state index contributed by atoms with van der Waals surface area (Å²) >= 11 is 4.42. The lowest BCUT2D eigenvalue weighted by molar-refractivity contribution is -0.131. The molecule has 5 aromatic heterocycles. The summed E-state index contributed by atoms with van der Waals surface area (Å²) in [5.74, 6) is -12.2. The predicted octanol–water partition coefficient (Wildman–Crippen LogP) is 0.774. The zero-order valence-electron chi connectivity index (χ0n) is 63.0. The highest BCUT2D eigenvalue weighted by Gasteiger charge is 2.51. The van der Waals surface area contributed by atoms with Crippen LogP contribution in [0, 0.1) is 5.92 Å². The molecule has 0 saturated heterocycles. The van der Waals surface area contributed by atoms with Crippen LogP contribution < -0.4 is 64.2 Å². The predicted molar refractivity (Wildman–Crippen MR) is 418 cm³/mol. The number of pyridine rings is 1. The van der Waals surface area contributed by atoms with Crippen molar-refractivity contribution in [3.05, 3.63) is 148 Å². The number of nitrogens with one attached hydrogen (secondary N) is 11. The van der Waals surface area contributed by atoms with Gasteiger partial charge in [0.1, 0.15) is 113 Å². The van der Waals surface area contributed by atoms with Gasteiger partial charge >= 0.3 is 5.97 Å². The number of carbonyl (C=O) groups excluding carboxylic acids is 12. The summed E-state index contributed by atoms with van der Waals surface area (Å²) in [6.45, 7) is 24.9. The summed E-state index contributed by atoms with van der Waals surface area (Å²) in [4.78, 5) is 204. The maximum absolute atomic E-state index is 15.4. The molecule has 0 aromatic carbocycles. The number of aromatic nitrogens is 5. The van der Waals surface area contributed by atoms with Crippen molar-refractivity contribution in [2.75, 3.05) is 5.75 Å². The SMILES string of the molecule is C=C(NC(=O)C(=C)NC(=O)c1csc(C2=NC3c4csc(n4)C4NC(=O)c5csc(n5)C([C@@](C)(O)C(C)O)NC(=O)C5CSC(=N5)/C(=C\C)NC(=O)C(C(C)O)NC(=O)c5csc(n5)[C@]3(CC2)NC(=O)C(C)NC(=O)C(=C)NC(=O)C(C)NC(=O)C(C(C)CC)NC2C=Cc3c(C(C)O)cc(nc3C2O)C(=O)OC4C)n1)C(N)=O. The van der Waals surface area contributed by atoms with Gasteiger partial charge in [-0.05, 0) is 85.8 Å². The first-order valence-electron chi connectivity index (χ1n) is 35.6. The zero-order chi connectivity index (χ0) is 83.4. The lowest BCUT2D eigenvalue weighted by Crippen LogP contribution is -2.57. The quantitative estimate of drug-likeness (QED) is 0.0606. The Kier molecular flexibility index (Phi) is 26.7. The topological polar surface area (TPSA) is 563 Å². The van der Waals surface area contributed by atoms with Crippen LogP contribution in [0.25, 0.3) is 6.08 Å². The number of cyclic esters (lactones) is 1. The Hall–Kier alpha value is -10.5. The number of fused-ring (bicyclic) bond motifs is 7. The van der Waals surface area contributed by atoms with E-state index in [0.717, 1.165) is 57.1 Å². The Morgan fingerprint density at radius 1 is 0.763 bits per heavy atom. The van der Waals surface area contributed by atoms with Gasteiger partial charge in [-0.25, -0.2) is 29.7 Å². The Labute approximate surface area is 671 Å². The van der Waals surface area contributed by atoms with Gasteiger partial charge in [-0.1, -0.05) is 58.2 Å². The molecule has 0 saturated carbocycles. The molecule has 18 N–H and O–H groups in total. The third-order valence-electron chi connectivity index (χ3n) is 19.5. The van der Waals surface area contributed by atoms with Crippen LogP contribution in [-0.4, -0.2) is 198 Å². The second-order valence-corrected chi connectivity index (χ2v) is 32.3. The number of aliphatic hydroxyl groups is 5. The van der Waals surface area contributed by atoms with E-state index < -0.39 is 196 Å². The van der Waals surface area contributed by atoms with Crippen LogP contribution in [0.4, 0.5) is 0 Å². The highest BCUT2D eigenvalue weighted by atomic mass is 32.2. The van der Waals surface area contributed by atoms with Gasteiger partial charge in [0.25, 0.3) is 35.4 Å². The molecule has 0 spiro atoms. The maximum atomic E-state index is 15.4. The minimum absolute atomic E-state index is 0.0158. The molecule has 5 aromatic rings. The first-order chi connectivity index (χ1) is 53.7. The Morgan fingerprint density at radius 2 is 1.45 bits per heavy atom. The number of nitrogens with zero attached hydrogens (tertiary/aromatic N) is 7. The first kappa shape index (κ1) is 85.9. The molecule has 13 bridgehead atoms. The summed E-state index contributed by atoms with van der Waals surface area (Å²) < 4.78 is 6.26. The van der Waals surface area contributed by atoms with Crippen LogP contribution in [-0.2, 0) is 48.6 Å². The fourth-order valence-electron chi connectivity index (χ4n) is 12.3. The molecule has 42 heteroatoms. The summed E-state index contributed by atoms with van der Waals surface area (Å²) in [6, 6.07) is -11.6. The van der Waals surface area contributed by atoms with Gasteiger partial charge in [-0.15, -0.1) is 57.1 Å². The molecule has 37 nitrogen and oxygen atoms in total. The third kappa shape index (κ3) is 18.6. The number of allylic oxidation sites excluding steroid dienone is 1. The number of carbonyl (C=O) groups is 12. The van der Waals surface area contributed by atoms with Gasteiger partial charge in [-0.2, -0.15) is 0 Å². The van der Waals surface area contributed by atoms with Crippen LogP contribution in [0.3, 0.4) is 0 Å². The Bertz CT molecular complexity index is 4880. The second kappa shape index (κ2) is 35.5. The molecule has 1 aliphatic carbocycles. The number of aliphatic imine (C=N–C) groups is 2. The molecule has 10 rings (SSSR count). The van der Waals surface area contributed by atoms with E-state index in [1.807, 2.05) is 0 Å². The van der Waals surface area contributed by atoms with Gasteiger partial charge in [-0.3, -0.25) is 68.0 Å². The molecule has 4 aliphatic heterocycles. The van der Waals surface area contributed by atoms with Gasteiger partial charge in [0.2, 0.25) is 29.5 Å².